The smallest absolute Gasteiger partial charge is 0.384 e. The fourth-order valence-corrected chi connectivity index (χ4v) is 3.23. The molecule has 17 heavy (non-hydrogen) atoms. The van der Waals surface area contributed by atoms with Crippen LogP contribution in [-0.2, 0) is 11.8 Å². The van der Waals surface area contributed by atoms with Gasteiger partial charge in [0.25, 0.3) is 0 Å². The number of rotatable bonds is 2. The molecule has 1 aliphatic rings. The van der Waals surface area contributed by atoms with Gasteiger partial charge in [0.1, 0.15) is 5.60 Å². The minimum atomic E-state index is -4.41. The lowest BCUT2D eigenvalue weighted by Gasteiger charge is -2.20. The number of thiazole rings is 1. The highest BCUT2D eigenvalue weighted by Crippen LogP contribution is 2.46. The summed E-state index contributed by atoms with van der Waals surface area (Å²) in [6, 6.07) is 0. The normalized spacial score (nSPS) is 29.8. The summed E-state index contributed by atoms with van der Waals surface area (Å²) in [4.78, 5) is 3.71. The molecule has 0 radical (unpaired) electrons. The Hall–Kier alpha value is -0.620. The van der Waals surface area contributed by atoms with Gasteiger partial charge in [-0.15, -0.1) is 11.3 Å². The predicted octanol–water partition coefficient (Wildman–Crippen LogP) is 3.56. The third kappa shape index (κ3) is 2.47. The molecule has 2 atom stereocenters. The molecule has 2 unspecified atom stereocenters. The first-order chi connectivity index (χ1) is 7.85. The largest absolute Gasteiger partial charge is 0.443 e. The van der Waals surface area contributed by atoms with Gasteiger partial charge in [0, 0.05) is 6.20 Å². The van der Waals surface area contributed by atoms with E-state index in [-0.39, 0.29) is 0 Å². The second kappa shape index (κ2) is 4.24. The van der Waals surface area contributed by atoms with Crippen LogP contribution in [0.4, 0.5) is 13.2 Å². The van der Waals surface area contributed by atoms with Crippen molar-refractivity contribution in [2.75, 3.05) is 0 Å². The van der Waals surface area contributed by atoms with E-state index < -0.39 is 16.8 Å². The summed E-state index contributed by atoms with van der Waals surface area (Å²) in [5, 5.41) is 9.47. The first kappa shape index (κ1) is 12.8. The van der Waals surface area contributed by atoms with Crippen LogP contribution in [-0.4, -0.2) is 10.1 Å². The van der Waals surface area contributed by atoms with E-state index in [0.717, 1.165) is 12.8 Å². The molecule has 1 heterocycles. The first-order valence-corrected chi connectivity index (χ1v) is 6.42. The quantitative estimate of drug-likeness (QED) is 0.887. The van der Waals surface area contributed by atoms with E-state index in [4.69, 9.17) is 0 Å². The summed E-state index contributed by atoms with van der Waals surface area (Å²) in [6.07, 6.45) is -0.346. The van der Waals surface area contributed by atoms with Gasteiger partial charge < -0.3 is 5.11 Å². The van der Waals surface area contributed by atoms with Crippen LogP contribution in [0.3, 0.4) is 0 Å². The zero-order valence-electron chi connectivity index (χ0n) is 9.42. The van der Waals surface area contributed by atoms with Crippen molar-refractivity contribution in [3.63, 3.8) is 0 Å². The summed E-state index contributed by atoms with van der Waals surface area (Å²) in [6.45, 7) is 2.03. The van der Waals surface area contributed by atoms with Gasteiger partial charge in [-0.25, -0.2) is 4.98 Å². The van der Waals surface area contributed by atoms with Gasteiger partial charge in [0.05, 0.1) is 4.88 Å². The second-order valence-electron chi connectivity index (χ2n) is 4.58. The topological polar surface area (TPSA) is 33.1 Å². The van der Waals surface area contributed by atoms with Crippen molar-refractivity contribution in [3.05, 3.63) is 16.1 Å². The van der Waals surface area contributed by atoms with E-state index >= 15 is 0 Å². The highest BCUT2D eigenvalue weighted by Gasteiger charge is 2.42. The van der Waals surface area contributed by atoms with Crippen molar-refractivity contribution in [1.82, 2.24) is 4.98 Å². The maximum atomic E-state index is 12.4. The van der Waals surface area contributed by atoms with Crippen molar-refractivity contribution in [1.29, 1.82) is 0 Å². The van der Waals surface area contributed by atoms with Gasteiger partial charge in [-0.3, -0.25) is 0 Å². The van der Waals surface area contributed by atoms with Crippen LogP contribution >= 0.6 is 11.3 Å². The minimum Gasteiger partial charge on any atom is -0.384 e. The monoisotopic (exact) mass is 265 g/mol. The predicted molar refractivity (Wildman–Crippen MR) is 58.6 cm³/mol. The Morgan fingerprint density at radius 3 is 2.76 bits per heavy atom. The molecule has 1 saturated carbocycles. The molecule has 2 nitrogen and oxygen atoms in total. The van der Waals surface area contributed by atoms with E-state index in [1.807, 2.05) is 6.92 Å². The molecule has 1 aliphatic carbocycles. The van der Waals surface area contributed by atoms with E-state index in [1.165, 1.54) is 6.20 Å². The molecule has 0 bridgehead atoms. The average molecular weight is 265 g/mol. The van der Waals surface area contributed by atoms with Crippen LogP contribution in [0.25, 0.3) is 0 Å². The second-order valence-corrected chi connectivity index (χ2v) is 5.61. The number of aliphatic hydroxyl groups is 1. The van der Waals surface area contributed by atoms with E-state index in [9.17, 15) is 18.3 Å². The first-order valence-electron chi connectivity index (χ1n) is 5.61. The average Bonchev–Trinajstić information content (AvgIpc) is 2.83. The summed E-state index contributed by atoms with van der Waals surface area (Å²) < 4.78 is 37.3. The van der Waals surface area contributed by atoms with Crippen LogP contribution in [0, 0.1) is 5.92 Å². The SMILES string of the molecule is CCC1CCC(O)(c2cnc(C(F)(F)F)s2)C1. The molecule has 2 rings (SSSR count). The third-order valence-electron chi connectivity index (χ3n) is 3.38. The summed E-state index contributed by atoms with van der Waals surface area (Å²) in [7, 11) is 0. The van der Waals surface area contributed by atoms with Crippen LogP contribution in [0.2, 0.25) is 0 Å². The van der Waals surface area contributed by atoms with Crippen LogP contribution < -0.4 is 0 Å². The lowest BCUT2D eigenvalue weighted by molar-refractivity contribution is -0.137. The molecule has 0 spiro atoms. The molecule has 96 valence electrons. The third-order valence-corrected chi connectivity index (χ3v) is 4.61. The zero-order chi connectivity index (χ0) is 12.7. The maximum absolute atomic E-state index is 12.4. The Morgan fingerprint density at radius 2 is 2.29 bits per heavy atom. The van der Waals surface area contributed by atoms with Crippen LogP contribution in [0.1, 0.15) is 42.5 Å². The van der Waals surface area contributed by atoms with Crippen molar-refractivity contribution < 1.29 is 18.3 Å². The summed E-state index contributed by atoms with van der Waals surface area (Å²) >= 11 is 0.562. The molecule has 0 aromatic carbocycles. The maximum Gasteiger partial charge on any atom is 0.443 e. The van der Waals surface area contributed by atoms with Gasteiger partial charge in [-0.1, -0.05) is 13.3 Å². The molecule has 1 aromatic rings. The van der Waals surface area contributed by atoms with Gasteiger partial charge in [-0.05, 0) is 25.2 Å². The standard InChI is InChI=1S/C11H14F3NOS/c1-2-7-3-4-10(16,5-7)8-6-15-9(17-8)11(12,13)14/h6-7,16H,2-5H2,1H3. The summed E-state index contributed by atoms with van der Waals surface area (Å²) in [5.41, 5.74) is -1.10. The van der Waals surface area contributed by atoms with Crippen LogP contribution in [0.15, 0.2) is 6.20 Å². The fraction of sp³-hybridized carbons (Fsp3) is 0.727. The number of alkyl halides is 3. The zero-order valence-corrected chi connectivity index (χ0v) is 10.2. The molecule has 0 amide bonds. The molecule has 6 heteroatoms. The highest BCUT2D eigenvalue weighted by atomic mass is 32.1. The Kier molecular flexibility index (Phi) is 3.20. The summed E-state index contributed by atoms with van der Waals surface area (Å²) in [5.74, 6) is 0.399. The van der Waals surface area contributed by atoms with Crippen molar-refractivity contribution >= 4 is 11.3 Å². The minimum absolute atomic E-state index is 0.348. The molecule has 0 aliphatic heterocycles. The molecule has 1 N–H and O–H groups in total. The van der Waals surface area contributed by atoms with Gasteiger partial charge >= 0.3 is 6.18 Å². The van der Waals surface area contributed by atoms with Crippen molar-refractivity contribution in [2.45, 2.75) is 44.4 Å². The van der Waals surface area contributed by atoms with Gasteiger partial charge in [0.2, 0.25) is 0 Å². The van der Waals surface area contributed by atoms with Gasteiger partial charge in [0.15, 0.2) is 5.01 Å². The lowest BCUT2D eigenvalue weighted by Crippen LogP contribution is -2.20. The van der Waals surface area contributed by atoms with Crippen molar-refractivity contribution in [3.8, 4) is 0 Å². The Morgan fingerprint density at radius 1 is 1.59 bits per heavy atom. The number of halogens is 3. The lowest BCUT2D eigenvalue weighted by atomic mass is 9.98. The van der Waals surface area contributed by atoms with E-state index in [1.54, 1.807) is 0 Å². The fourth-order valence-electron chi connectivity index (χ4n) is 2.32. The Labute approximate surface area is 101 Å². The number of aromatic nitrogens is 1. The molecular weight excluding hydrogens is 251 g/mol. The number of hydrogen-bond donors (Lipinski definition) is 1. The number of nitrogens with zero attached hydrogens (tertiary/aromatic N) is 1. The van der Waals surface area contributed by atoms with Gasteiger partial charge in [-0.2, -0.15) is 13.2 Å². The Bertz CT molecular complexity index is 404. The highest BCUT2D eigenvalue weighted by molar-refractivity contribution is 7.11. The van der Waals surface area contributed by atoms with E-state index in [2.05, 4.69) is 4.98 Å². The number of hydrogen-bond acceptors (Lipinski definition) is 3. The molecule has 1 aromatic heterocycles. The molecule has 1 fully saturated rings. The van der Waals surface area contributed by atoms with Crippen molar-refractivity contribution in [2.24, 2.45) is 5.92 Å². The van der Waals surface area contributed by atoms with Crippen LogP contribution in [0.5, 0.6) is 0 Å². The molecular formula is C11H14F3NOS. The van der Waals surface area contributed by atoms with E-state index in [0.29, 0.717) is 35.0 Å². The molecule has 0 saturated heterocycles. The Balaban J connectivity index is 2.21.